The van der Waals surface area contributed by atoms with Gasteiger partial charge < -0.3 is 0 Å². The summed E-state index contributed by atoms with van der Waals surface area (Å²) in [5, 5.41) is 0. The van der Waals surface area contributed by atoms with E-state index in [2.05, 4.69) is 42.5 Å². The molecular formula is C13H16. The van der Waals surface area contributed by atoms with Crippen molar-refractivity contribution in [2.45, 2.75) is 25.7 Å². The Kier molecular flexibility index (Phi) is 2.81. The van der Waals surface area contributed by atoms with E-state index in [4.69, 9.17) is 0 Å². The zero-order chi connectivity index (χ0) is 8.93. The fourth-order valence-corrected chi connectivity index (χ4v) is 1.52. The van der Waals surface area contributed by atoms with Crippen LogP contribution in [0.25, 0.3) is 6.08 Å². The molecule has 0 heteroatoms. The van der Waals surface area contributed by atoms with Gasteiger partial charge in [0.1, 0.15) is 0 Å². The van der Waals surface area contributed by atoms with Crippen LogP contribution >= 0.6 is 0 Å². The molecule has 1 aromatic rings. The van der Waals surface area contributed by atoms with Crippen molar-refractivity contribution < 1.29 is 0 Å². The molecule has 2 rings (SSSR count). The van der Waals surface area contributed by atoms with E-state index in [1.54, 1.807) is 0 Å². The smallest absolute Gasteiger partial charge is 0.0260 e. The molecule has 1 aliphatic rings. The van der Waals surface area contributed by atoms with Crippen LogP contribution in [0.2, 0.25) is 0 Å². The summed E-state index contributed by atoms with van der Waals surface area (Å²) in [4.78, 5) is 0. The van der Waals surface area contributed by atoms with Gasteiger partial charge in [0.05, 0.1) is 0 Å². The van der Waals surface area contributed by atoms with Crippen LogP contribution in [0.5, 0.6) is 0 Å². The molecule has 0 N–H and O–H groups in total. The lowest BCUT2D eigenvalue weighted by Gasteiger charge is -1.92. The Labute approximate surface area is 80.3 Å². The number of allylic oxidation sites excluding steroid dienone is 1. The van der Waals surface area contributed by atoms with Crippen molar-refractivity contribution in [2.75, 3.05) is 0 Å². The van der Waals surface area contributed by atoms with E-state index in [0.717, 1.165) is 5.92 Å². The number of hydrogen-bond donors (Lipinski definition) is 0. The molecule has 0 unspecified atom stereocenters. The topological polar surface area (TPSA) is 0 Å². The fourth-order valence-electron chi connectivity index (χ4n) is 1.52. The van der Waals surface area contributed by atoms with Crippen LogP contribution in [0.15, 0.2) is 36.4 Å². The number of rotatable bonds is 4. The largest absolute Gasteiger partial charge is 0.0839 e. The van der Waals surface area contributed by atoms with Crippen LogP contribution < -0.4 is 0 Å². The van der Waals surface area contributed by atoms with E-state index in [-0.39, 0.29) is 0 Å². The molecule has 1 fully saturated rings. The van der Waals surface area contributed by atoms with Gasteiger partial charge in [-0.3, -0.25) is 0 Å². The van der Waals surface area contributed by atoms with Gasteiger partial charge in [-0.05, 0) is 24.3 Å². The van der Waals surface area contributed by atoms with Crippen molar-refractivity contribution in [3.63, 3.8) is 0 Å². The van der Waals surface area contributed by atoms with Gasteiger partial charge in [-0.1, -0.05) is 55.3 Å². The monoisotopic (exact) mass is 172 g/mol. The Morgan fingerprint density at radius 1 is 1.15 bits per heavy atom. The molecule has 0 spiro atoms. The summed E-state index contributed by atoms with van der Waals surface area (Å²) < 4.78 is 0. The van der Waals surface area contributed by atoms with E-state index in [1.807, 2.05) is 0 Å². The van der Waals surface area contributed by atoms with E-state index < -0.39 is 0 Å². The highest BCUT2D eigenvalue weighted by atomic mass is 14.2. The van der Waals surface area contributed by atoms with E-state index >= 15 is 0 Å². The summed E-state index contributed by atoms with van der Waals surface area (Å²) in [7, 11) is 0. The second-order valence-electron chi connectivity index (χ2n) is 3.83. The van der Waals surface area contributed by atoms with Crippen molar-refractivity contribution in [1.82, 2.24) is 0 Å². The molecule has 0 saturated heterocycles. The lowest BCUT2D eigenvalue weighted by atomic mass is 10.1. The van der Waals surface area contributed by atoms with Crippen LogP contribution in [-0.4, -0.2) is 0 Å². The highest BCUT2D eigenvalue weighted by Crippen LogP contribution is 2.33. The third kappa shape index (κ3) is 3.06. The summed E-state index contributed by atoms with van der Waals surface area (Å²) in [6, 6.07) is 10.5. The van der Waals surface area contributed by atoms with E-state index in [1.165, 1.54) is 31.2 Å². The highest BCUT2D eigenvalue weighted by molar-refractivity contribution is 5.48. The first-order chi connectivity index (χ1) is 6.45. The zero-order valence-corrected chi connectivity index (χ0v) is 7.95. The molecule has 0 aromatic heterocycles. The van der Waals surface area contributed by atoms with Gasteiger partial charge in [-0.25, -0.2) is 0 Å². The van der Waals surface area contributed by atoms with Crippen LogP contribution in [0, 0.1) is 5.92 Å². The maximum atomic E-state index is 2.30. The summed E-state index contributed by atoms with van der Waals surface area (Å²) in [5.74, 6) is 1.06. The van der Waals surface area contributed by atoms with E-state index in [9.17, 15) is 0 Å². The quantitative estimate of drug-likeness (QED) is 0.646. The molecule has 0 atom stereocenters. The Morgan fingerprint density at radius 2 is 1.92 bits per heavy atom. The number of benzene rings is 1. The average molecular weight is 172 g/mol. The first kappa shape index (κ1) is 8.55. The summed E-state index contributed by atoms with van der Waals surface area (Å²) in [5.41, 5.74) is 1.32. The summed E-state index contributed by atoms with van der Waals surface area (Å²) >= 11 is 0. The van der Waals surface area contributed by atoms with Gasteiger partial charge in [0.2, 0.25) is 0 Å². The molecule has 1 aliphatic carbocycles. The molecule has 13 heavy (non-hydrogen) atoms. The van der Waals surface area contributed by atoms with Gasteiger partial charge in [-0.2, -0.15) is 0 Å². The molecule has 0 amide bonds. The second-order valence-corrected chi connectivity index (χ2v) is 3.83. The standard InChI is InChI=1S/C13H16/c1-2-6-12(7-3-1)8-4-5-9-13-10-11-13/h1-4,6-8,13H,5,9-11H2. The summed E-state index contributed by atoms with van der Waals surface area (Å²) in [6.45, 7) is 0. The molecule has 1 saturated carbocycles. The maximum absolute atomic E-state index is 2.30. The molecule has 0 radical (unpaired) electrons. The lowest BCUT2D eigenvalue weighted by molar-refractivity contribution is 0.743. The molecule has 0 heterocycles. The highest BCUT2D eigenvalue weighted by Gasteiger charge is 2.19. The van der Waals surface area contributed by atoms with Gasteiger partial charge in [0.15, 0.2) is 0 Å². The van der Waals surface area contributed by atoms with Gasteiger partial charge in [0.25, 0.3) is 0 Å². The zero-order valence-electron chi connectivity index (χ0n) is 7.95. The van der Waals surface area contributed by atoms with Crippen molar-refractivity contribution in [2.24, 2.45) is 5.92 Å². The fraction of sp³-hybridized carbons (Fsp3) is 0.385. The first-order valence-electron chi connectivity index (χ1n) is 5.17. The lowest BCUT2D eigenvalue weighted by Crippen LogP contribution is -1.73. The van der Waals surface area contributed by atoms with E-state index in [0.29, 0.717) is 0 Å². The Balaban J connectivity index is 1.76. The number of hydrogen-bond acceptors (Lipinski definition) is 0. The Hall–Kier alpha value is -1.04. The SMILES string of the molecule is C(=Cc1ccccc1)CCC1CC1. The minimum atomic E-state index is 1.06. The Morgan fingerprint density at radius 3 is 2.62 bits per heavy atom. The molecule has 0 nitrogen and oxygen atoms in total. The van der Waals surface area contributed by atoms with Crippen LogP contribution in [-0.2, 0) is 0 Å². The molecule has 0 bridgehead atoms. The third-order valence-electron chi connectivity index (χ3n) is 2.55. The molecule has 68 valence electrons. The summed E-state index contributed by atoms with van der Waals surface area (Å²) in [6.07, 6.45) is 10.1. The molecular weight excluding hydrogens is 156 g/mol. The van der Waals surface area contributed by atoms with Crippen LogP contribution in [0.3, 0.4) is 0 Å². The second kappa shape index (κ2) is 4.27. The van der Waals surface area contributed by atoms with Gasteiger partial charge >= 0.3 is 0 Å². The predicted octanol–water partition coefficient (Wildman–Crippen LogP) is 3.89. The Bertz CT molecular complexity index is 267. The normalized spacial score (nSPS) is 16.6. The van der Waals surface area contributed by atoms with Crippen molar-refractivity contribution in [3.8, 4) is 0 Å². The van der Waals surface area contributed by atoms with Crippen molar-refractivity contribution in [1.29, 1.82) is 0 Å². The van der Waals surface area contributed by atoms with Crippen LogP contribution in [0.1, 0.15) is 31.2 Å². The molecule has 1 aromatic carbocycles. The first-order valence-corrected chi connectivity index (χ1v) is 5.17. The predicted molar refractivity (Wildman–Crippen MR) is 57.4 cm³/mol. The molecule has 0 aliphatic heterocycles. The van der Waals surface area contributed by atoms with Crippen molar-refractivity contribution in [3.05, 3.63) is 42.0 Å². The van der Waals surface area contributed by atoms with Gasteiger partial charge in [0, 0.05) is 0 Å². The maximum Gasteiger partial charge on any atom is -0.0260 e. The average Bonchev–Trinajstić information content (AvgIpc) is 2.98. The van der Waals surface area contributed by atoms with Crippen molar-refractivity contribution >= 4 is 6.08 Å². The van der Waals surface area contributed by atoms with Crippen LogP contribution in [0.4, 0.5) is 0 Å². The minimum Gasteiger partial charge on any atom is -0.0839 e. The minimum absolute atomic E-state index is 1.06. The van der Waals surface area contributed by atoms with Gasteiger partial charge in [-0.15, -0.1) is 0 Å². The third-order valence-corrected chi connectivity index (χ3v) is 2.55.